The predicted molar refractivity (Wildman–Crippen MR) is 79.3 cm³/mol. The standard InChI is InChI=1S/C16H27NO3/c1-5-6-7-8-9-13-10-11-17(14(18)12-13)15(19)20-16(2,3)4/h8-9,13H,5-7,10-12H2,1-4H3/b9-8+/t13-/m0/s1. The maximum atomic E-state index is 12.0. The highest BCUT2D eigenvalue weighted by Gasteiger charge is 2.31. The highest BCUT2D eigenvalue weighted by Crippen LogP contribution is 2.22. The summed E-state index contributed by atoms with van der Waals surface area (Å²) in [6.45, 7) is 8.03. The van der Waals surface area contributed by atoms with Crippen LogP contribution in [0.5, 0.6) is 0 Å². The lowest BCUT2D eigenvalue weighted by Gasteiger charge is -2.31. The Morgan fingerprint density at radius 3 is 2.70 bits per heavy atom. The van der Waals surface area contributed by atoms with Crippen LogP contribution < -0.4 is 0 Å². The van der Waals surface area contributed by atoms with Crippen LogP contribution in [-0.2, 0) is 9.53 Å². The number of rotatable bonds is 4. The van der Waals surface area contributed by atoms with E-state index in [0.29, 0.717) is 13.0 Å². The number of likely N-dealkylation sites (tertiary alicyclic amines) is 1. The molecule has 0 unspecified atom stereocenters. The van der Waals surface area contributed by atoms with Crippen molar-refractivity contribution in [3.8, 4) is 0 Å². The van der Waals surface area contributed by atoms with Crippen LogP contribution in [0.1, 0.15) is 59.8 Å². The minimum atomic E-state index is -0.561. The Labute approximate surface area is 122 Å². The number of allylic oxidation sites excluding steroid dienone is 2. The van der Waals surface area contributed by atoms with Crippen LogP contribution in [0, 0.1) is 5.92 Å². The van der Waals surface area contributed by atoms with Gasteiger partial charge in [0.2, 0.25) is 5.91 Å². The molecule has 1 saturated heterocycles. The first-order valence-corrected chi connectivity index (χ1v) is 7.53. The lowest BCUT2D eigenvalue weighted by atomic mass is 9.95. The molecule has 0 N–H and O–H groups in total. The molecule has 0 bridgehead atoms. The van der Waals surface area contributed by atoms with Gasteiger partial charge in [-0.2, -0.15) is 0 Å². The molecule has 0 radical (unpaired) electrons. The van der Waals surface area contributed by atoms with Gasteiger partial charge in [-0.1, -0.05) is 31.9 Å². The molecule has 1 fully saturated rings. The summed E-state index contributed by atoms with van der Waals surface area (Å²) in [5.41, 5.74) is -0.561. The Kier molecular flexibility index (Phi) is 6.24. The molecule has 0 aromatic rings. The van der Waals surface area contributed by atoms with Gasteiger partial charge in [0.25, 0.3) is 0 Å². The number of imide groups is 1. The largest absolute Gasteiger partial charge is 0.443 e. The van der Waals surface area contributed by atoms with Crippen molar-refractivity contribution in [1.29, 1.82) is 0 Å². The summed E-state index contributed by atoms with van der Waals surface area (Å²) in [5, 5.41) is 0. The van der Waals surface area contributed by atoms with Gasteiger partial charge in [0.15, 0.2) is 0 Å². The van der Waals surface area contributed by atoms with Crippen molar-refractivity contribution in [2.45, 2.75) is 65.4 Å². The van der Waals surface area contributed by atoms with Gasteiger partial charge >= 0.3 is 6.09 Å². The summed E-state index contributed by atoms with van der Waals surface area (Å²) in [7, 11) is 0. The zero-order chi connectivity index (χ0) is 15.2. The first-order valence-electron chi connectivity index (χ1n) is 7.53. The van der Waals surface area contributed by atoms with Gasteiger partial charge in [0, 0.05) is 13.0 Å². The second kappa shape index (κ2) is 7.46. The minimum absolute atomic E-state index is 0.129. The molecule has 0 spiro atoms. The van der Waals surface area contributed by atoms with Crippen LogP contribution in [0.4, 0.5) is 4.79 Å². The number of nitrogens with zero attached hydrogens (tertiary/aromatic N) is 1. The summed E-state index contributed by atoms with van der Waals surface area (Å²) in [5.74, 6) is 0.133. The molecule has 20 heavy (non-hydrogen) atoms. The molecule has 114 valence electrons. The summed E-state index contributed by atoms with van der Waals surface area (Å²) in [4.78, 5) is 25.1. The molecule has 1 aliphatic heterocycles. The molecule has 1 atom stereocenters. The molecule has 0 aliphatic carbocycles. The predicted octanol–water partition coefficient (Wildman–Crippen LogP) is 3.91. The summed E-state index contributed by atoms with van der Waals surface area (Å²) in [6, 6.07) is 0. The maximum absolute atomic E-state index is 12.0. The number of piperidine rings is 1. The highest BCUT2D eigenvalue weighted by atomic mass is 16.6. The Morgan fingerprint density at radius 1 is 1.45 bits per heavy atom. The van der Waals surface area contributed by atoms with E-state index in [-0.39, 0.29) is 11.8 Å². The maximum Gasteiger partial charge on any atom is 0.417 e. The van der Waals surface area contributed by atoms with Crippen molar-refractivity contribution in [3.05, 3.63) is 12.2 Å². The number of carbonyl (C=O) groups is 2. The number of hydrogen-bond donors (Lipinski definition) is 0. The molecule has 4 heteroatoms. The fourth-order valence-corrected chi connectivity index (χ4v) is 2.14. The van der Waals surface area contributed by atoms with Gasteiger partial charge in [-0.15, -0.1) is 0 Å². The highest BCUT2D eigenvalue weighted by molar-refractivity contribution is 5.92. The number of unbranched alkanes of at least 4 members (excludes halogenated alkanes) is 2. The number of carbonyl (C=O) groups excluding carboxylic acids is 2. The summed E-state index contributed by atoms with van der Waals surface area (Å²) in [6.07, 6.45) is 8.43. The van der Waals surface area contributed by atoms with Crippen molar-refractivity contribution >= 4 is 12.0 Å². The van der Waals surface area contributed by atoms with E-state index in [0.717, 1.165) is 12.8 Å². The third-order valence-electron chi connectivity index (χ3n) is 3.21. The van der Waals surface area contributed by atoms with E-state index in [2.05, 4.69) is 19.1 Å². The number of hydrogen-bond acceptors (Lipinski definition) is 3. The van der Waals surface area contributed by atoms with Crippen LogP contribution in [0.15, 0.2) is 12.2 Å². The molecule has 0 aromatic heterocycles. The Balaban J connectivity index is 2.45. The van der Waals surface area contributed by atoms with Crippen LogP contribution in [0.25, 0.3) is 0 Å². The fraction of sp³-hybridized carbons (Fsp3) is 0.750. The topological polar surface area (TPSA) is 46.6 Å². The Morgan fingerprint density at radius 2 is 2.15 bits per heavy atom. The van der Waals surface area contributed by atoms with E-state index in [1.54, 1.807) is 20.8 Å². The van der Waals surface area contributed by atoms with Crippen molar-refractivity contribution in [3.63, 3.8) is 0 Å². The second-order valence-corrected chi connectivity index (χ2v) is 6.35. The van der Waals surface area contributed by atoms with Crippen molar-refractivity contribution in [2.24, 2.45) is 5.92 Å². The molecule has 1 rings (SSSR count). The smallest absolute Gasteiger partial charge is 0.417 e. The van der Waals surface area contributed by atoms with Gasteiger partial charge in [0.1, 0.15) is 5.60 Å². The Bertz CT molecular complexity index is 368. The second-order valence-electron chi connectivity index (χ2n) is 6.35. The van der Waals surface area contributed by atoms with Crippen molar-refractivity contribution < 1.29 is 14.3 Å². The van der Waals surface area contributed by atoms with E-state index in [1.165, 1.54) is 17.7 Å². The summed E-state index contributed by atoms with van der Waals surface area (Å²) >= 11 is 0. The summed E-state index contributed by atoms with van der Waals surface area (Å²) < 4.78 is 5.24. The van der Waals surface area contributed by atoms with E-state index >= 15 is 0 Å². The number of ether oxygens (including phenoxy) is 1. The third kappa shape index (κ3) is 5.76. The minimum Gasteiger partial charge on any atom is -0.443 e. The average molecular weight is 281 g/mol. The van der Waals surface area contributed by atoms with Gasteiger partial charge in [-0.05, 0) is 39.5 Å². The molecule has 2 amide bonds. The fourth-order valence-electron chi connectivity index (χ4n) is 2.14. The van der Waals surface area contributed by atoms with Gasteiger partial charge in [-0.25, -0.2) is 9.69 Å². The lowest BCUT2D eigenvalue weighted by molar-refractivity contribution is -0.133. The van der Waals surface area contributed by atoms with Crippen molar-refractivity contribution in [1.82, 2.24) is 4.90 Å². The molecule has 0 aromatic carbocycles. The SMILES string of the molecule is CCCC/C=C/[C@H]1CCN(C(=O)OC(C)(C)C)C(=O)C1. The van der Waals surface area contributed by atoms with E-state index in [9.17, 15) is 9.59 Å². The zero-order valence-electron chi connectivity index (χ0n) is 13.1. The van der Waals surface area contributed by atoms with E-state index < -0.39 is 11.7 Å². The van der Waals surface area contributed by atoms with Gasteiger partial charge < -0.3 is 4.74 Å². The monoisotopic (exact) mass is 281 g/mol. The first kappa shape index (κ1) is 16.7. The quantitative estimate of drug-likeness (QED) is 0.580. The number of amides is 2. The van der Waals surface area contributed by atoms with Gasteiger partial charge in [0.05, 0.1) is 0 Å². The lowest BCUT2D eigenvalue weighted by Crippen LogP contribution is -2.45. The molecular weight excluding hydrogens is 254 g/mol. The van der Waals surface area contributed by atoms with Crippen LogP contribution >= 0.6 is 0 Å². The first-order chi connectivity index (χ1) is 9.33. The van der Waals surface area contributed by atoms with Crippen LogP contribution in [-0.4, -0.2) is 29.0 Å². The Hall–Kier alpha value is -1.32. The molecule has 4 nitrogen and oxygen atoms in total. The molecule has 1 aliphatic rings. The van der Waals surface area contributed by atoms with E-state index in [4.69, 9.17) is 4.74 Å². The average Bonchev–Trinajstić information content (AvgIpc) is 2.32. The molecular formula is C16H27NO3. The normalized spacial score (nSPS) is 20.5. The van der Waals surface area contributed by atoms with Gasteiger partial charge in [-0.3, -0.25) is 4.79 Å². The van der Waals surface area contributed by atoms with Crippen LogP contribution in [0.2, 0.25) is 0 Å². The van der Waals surface area contributed by atoms with Crippen molar-refractivity contribution in [2.75, 3.05) is 6.54 Å². The third-order valence-corrected chi connectivity index (χ3v) is 3.21. The molecule has 1 heterocycles. The zero-order valence-corrected chi connectivity index (χ0v) is 13.1. The molecule has 0 saturated carbocycles. The van der Waals surface area contributed by atoms with E-state index in [1.807, 2.05) is 0 Å². The van der Waals surface area contributed by atoms with Crippen LogP contribution in [0.3, 0.4) is 0 Å².